The van der Waals surface area contributed by atoms with Crippen LogP contribution < -0.4 is 0 Å². The fourth-order valence-corrected chi connectivity index (χ4v) is 0.815. The molecule has 1 heterocycles. The molecule has 1 atom stereocenters. The van der Waals surface area contributed by atoms with Gasteiger partial charge in [-0.3, -0.25) is 0 Å². The third-order valence-corrected chi connectivity index (χ3v) is 1.76. The molecule has 0 bridgehead atoms. The van der Waals surface area contributed by atoms with Gasteiger partial charge in [-0.15, -0.1) is 0 Å². The smallest absolute Gasteiger partial charge is 0.168 e. The zero-order valence-electron chi connectivity index (χ0n) is 6.02. The van der Waals surface area contributed by atoms with E-state index in [1.807, 2.05) is 13.8 Å². The highest BCUT2D eigenvalue weighted by Gasteiger charge is 2.34. The van der Waals surface area contributed by atoms with E-state index < -0.39 is 5.79 Å². The maximum atomic E-state index is 5.32. The fourth-order valence-electron chi connectivity index (χ4n) is 0.815. The van der Waals surface area contributed by atoms with E-state index in [0.717, 1.165) is 0 Å². The molecule has 0 aromatic carbocycles. The maximum absolute atomic E-state index is 5.32. The van der Waals surface area contributed by atoms with Crippen molar-refractivity contribution in [2.75, 3.05) is 13.2 Å². The van der Waals surface area contributed by atoms with Gasteiger partial charge < -0.3 is 9.47 Å². The van der Waals surface area contributed by atoms with Crippen LogP contribution in [-0.4, -0.2) is 19.0 Å². The Morgan fingerprint density at radius 3 is 2.11 bits per heavy atom. The Kier molecular flexibility index (Phi) is 1.78. The van der Waals surface area contributed by atoms with E-state index in [4.69, 9.17) is 9.47 Å². The third-order valence-electron chi connectivity index (χ3n) is 1.76. The average molecular weight is 129 g/mol. The van der Waals surface area contributed by atoms with Gasteiger partial charge in [0.1, 0.15) is 0 Å². The van der Waals surface area contributed by atoms with Gasteiger partial charge in [0.15, 0.2) is 5.79 Å². The molecule has 2 heteroatoms. The molecule has 0 saturated carbocycles. The van der Waals surface area contributed by atoms with Crippen LogP contribution in [0.2, 0.25) is 0 Å². The molecule has 1 rings (SSSR count). The molecule has 2 nitrogen and oxygen atoms in total. The monoisotopic (exact) mass is 129 g/mol. The zero-order valence-corrected chi connectivity index (χ0v) is 6.02. The van der Waals surface area contributed by atoms with Gasteiger partial charge in [-0.2, -0.15) is 0 Å². The van der Waals surface area contributed by atoms with Crippen molar-refractivity contribution in [3.8, 4) is 0 Å². The molecule has 1 fully saturated rings. The second-order valence-corrected chi connectivity index (χ2v) is 2.61. The van der Waals surface area contributed by atoms with Crippen LogP contribution in [0, 0.1) is 12.8 Å². The minimum Gasteiger partial charge on any atom is -0.348 e. The summed E-state index contributed by atoms with van der Waals surface area (Å²) < 4.78 is 10.6. The van der Waals surface area contributed by atoms with Crippen LogP contribution in [0.4, 0.5) is 0 Å². The van der Waals surface area contributed by atoms with Crippen LogP contribution in [0.5, 0.6) is 0 Å². The van der Waals surface area contributed by atoms with Crippen LogP contribution in [0.25, 0.3) is 0 Å². The number of hydrogen-bond donors (Lipinski definition) is 0. The summed E-state index contributed by atoms with van der Waals surface area (Å²) in [5.74, 6) is -0.222. The first-order chi connectivity index (χ1) is 4.15. The lowest BCUT2D eigenvalue weighted by Gasteiger charge is -2.26. The normalized spacial score (nSPS) is 25.3. The highest BCUT2D eigenvalue weighted by atomic mass is 16.7. The second-order valence-electron chi connectivity index (χ2n) is 2.61. The largest absolute Gasteiger partial charge is 0.348 e. The zero-order chi connectivity index (χ0) is 6.91. The van der Waals surface area contributed by atoms with E-state index >= 15 is 0 Å². The molecule has 1 aliphatic rings. The standard InChI is InChI=1S/C7H13O2/c1-6(2)7(3)8-4-5-9-7/h6H,1,4-5H2,2-3H3. The topological polar surface area (TPSA) is 18.5 Å². The van der Waals surface area contributed by atoms with E-state index in [1.165, 1.54) is 0 Å². The Bertz CT molecular complexity index is 93.1. The maximum Gasteiger partial charge on any atom is 0.168 e. The van der Waals surface area contributed by atoms with E-state index in [9.17, 15) is 0 Å². The van der Waals surface area contributed by atoms with Crippen molar-refractivity contribution in [1.82, 2.24) is 0 Å². The van der Waals surface area contributed by atoms with Crippen molar-refractivity contribution in [2.24, 2.45) is 5.92 Å². The minimum atomic E-state index is -0.417. The molecule has 0 aromatic rings. The molecule has 1 aliphatic heterocycles. The summed E-state index contributed by atoms with van der Waals surface area (Å²) in [5.41, 5.74) is 0. The van der Waals surface area contributed by atoms with E-state index in [1.54, 1.807) is 0 Å². The molecule has 0 N–H and O–H groups in total. The Morgan fingerprint density at radius 2 is 1.89 bits per heavy atom. The summed E-state index contributed by atoms with van der Waals surface area (Å²) in [6, 6.07) is 0. The Hall–Kier alpha value is -0.0800. The SMILES string of the molecule is [CH2]C(C)C1(C)OCCO1. The molecule has 0 aliphatic carbocycles. The van der Waals surface area contributed by atoms with E-state index in [0.29, 0.717) is 13.2 Å². The van der Waals surface area contributed by atoms with E-state index in [-0.39, 0.29) is 5.92 Å². The van der Waals surface area contributed by atoms with Gasteiger partial charge in [-0.25, -0.2) is 0 Å². The lowest BCUT2D eigenvalue weighted by atomic mass is 10.1. The van der Waals surface area contributed by atoms with Crippen molar-refractivity contribution in [3.63, 3.8) is 0 Å². The van der Waals surface area contributed by atoms with E-state index in [2.05, 4.69) is 6.92 Å². The lowest BCUT2D eigenvalue weighted by Crippen LogP contribution is -2.32. The highest BCUT2D eigenvalue weighted by molar-refractivity contribution is 4.76. The van der Waals surface area contributed by atoms with Gasteiger partial charge in [0, 0.05) is 5.92 Å². The van der Waals surface area contributed by atoms with Gasteiger partial charge in [-0.05, 0) is 13.8 Å². The van der Waals surface area contributed by atoms with Crippen molar-refractivity contribution in [1.29, 1.82) is 0 Å². The molecular formula is C7H13O2. The van der Waals surface area contributed by atoms with Gasteiger partial charge in [0.05, 0.1) is 13.2 Å². The van der Waals surface area contributed by atoms with Crippen LogP contribution in [-0.2, 0) is 9.47 Å². The first kappa shape index (κ1) is 7.03. The molecule has 9 heavy (non-hydrogen) atoms. The molecule has 53 valence electrons. The minimum absolute atomic E-state index is 0.194. The van der Waals surface area contributed by atoms with Crippen LogP contribution in [0.1, 0.15) is 13.8 Å². The molecule has 1 unspecified atom stereocenters. The van der Waals surface area contributed by atoms with Crippen molar-refractivity contribution >= 4 is 0 Å². The molecule has 0 spiro atoms. The third kappa shape index (κ3) is 1.25. The lowest BCUT2D eigenvalue weighted by molar-refractivity contribution is -0.166. The fraction of sp³-hybridized carbons (Fsp3) is 0.857. The summed E-state index contributed by atoms with van der Waals surface area (Å²) in [6.07, 6.45) is 0. The van der Waals surface area contributed by atoms with Gasteiger partial charge in [0.2, 0.25) is 0 Å². The highest BCUT2D eigenvalue weighted by Crippen LogP contribution is 2.26. The average Bonchev–Trinajstić information content (AvgIpc) is 2.16. The van der Waals surface area contributed by atoms with Gasteiger partial charge >= 0.3 is 0 Å². The van der Waals surface area contributed by atoms with Crippen LogP contribution in [0.3, 0.4) is 0 Å². The van der Waals surface area contributed by atoms with Gasteiger partial charge in [-0.1, -0.05) is 6.92 Å². The Balaban J connectivity index is 2.51. The summed E-state index contributed by atoms with van der Waals surface area (Å²) >= 11 is 0. The first-order valence-corrected chi connectivity index (χ1v) is 3.26. The van der Waals surface area contributed by atoms with Gasteiger partial charge in [0.25, 0.3) is 0 Å². The first-order valence-electron chi connectivity index (χ1n) is 3.26. The summed E-state index contributed by atoms with van der Waals surface area (Å²) in [6.45, 7) is 9.17. The summed E-state index contributed by atoms with van der Waals surface area (Å²) in [4.78, 5) is 0. The van der Waals surface area contributed by atoms with Crippen LogP contribution in [0.15, 0.2) is 0 Å². The van der Waals surface area contributed by atoms with Crippen molar-refractivity contribution < 1.29 is 9.47 Å². The second kappa shape index (κ2) is 2.27. The summed E-state index contributed by atoms with van der Waals surface area (Å²) in [7, 11) is 0. The summed E-state index contributed by atoms with van der Waals surface area (Å²) in [5, 5.41) is 0. The van der Waals surface area contributed by atoms with Crippen molar-refractivity contribution in [2.45, 2.75) is 19.6 Å². The number of ether oxygens (including phenoxy) is 2. The predicted molar refractivity (Wildman–Crippen MR) is 34.8 cm³/mol. The number of hydrogen-bond acceptors (Lipinski definition) is 2. The molecule has 1 radical (unpaired) electrons. The predicted octanol–water partition coefficient (Wildman–Crippen LogP) is 1.22. The Labute approximate surface area is 56.2 Å². The Morgan fingerprint density at radius 1 is 1.44 bits per heavy atom. The molecule has 0 aromatic heterocycles. The van der Waals surface area contributed by atoms with Crippen molar-refractivity contribution in [3.05, 3.63) is 6.92 Å². The quantitative estimate of drug-likeness (QED) is 0.530. The molecule has 1 saturated heterocycles. The molecule has 0 amide bonds. The molecular weight excluding hydrogens is 116 g/mol. The number of rotatable bonds is 1. The van der Waals surface area contributed by atoms with Crippen LogP contribution >= 0.6 is 0 Å².